The molecule has 1 unspecified atom stereocenters. The van der Waals surface area contributed by atoms with Crippen LogP contribution in [0.15, 0.2) is 23.1 Å². The lowest BCUT2D eigenvalue weighted by Gasteiger charge is -2.16. The van der Waals surface area contributed by atoms with Crippen molar-refractivity contribution in [2.24, 2.45) is 11.7 Å². The van der Waals surface area contributed by atoms with Crippen LogP contribution in [-0.4, -0.2) is 30.8 Å². The zero-order chi connectivity index (χ0) is 14.2. The molecule has 1 heterocycles. The van der Waals surface area contributed by atoms with Gasteiger partial charge in [0.05, 0.1) is 4.90 Å². The highest BCUT2D eigenvalue weighted by Crippen LogP contribution is 2.25. The van der Waals surface area contributed by atoms with E-state index in [0.717, 1.165) is 12.5 Å². The Balaban J connectivity index is 2.41. The van der Waals surface area contributed by atoms with Crippen LogP contribution in [0.4, 0.5) is 4.39 Å². The van der Waals surface area contributed by atoms with Crippen molar-refractivity contribution >= 4 is 27.2 Å². The summed E-state index contributed by atoms with van der Waals surface area (Å²) in [6.45, 7) is 2.98. The molecule has 1 aromatic carbocycles. The minimum absolute atomic E-state index is 0.0331. The number of nitrogens with two attached hydrogens (primary N) is 1. The molecule has 0 aromatic heterocycles. The Kier molecular flexibility index (Phi) is 3.89. The lowest BCUT2D eigenvalue weighted by molar-refractivity contribution is 0.464. The maximum atomic E-state index is 13.5. The molecule has 1 atom stereocenters. The first-order valence-corrected chi connectivity index (χ1v) is 7.76. The standard InChI is InChI=1S/C12H15FN2O2S2/c1-8-4-5-15(7-8)19(16,17)9-2-3-11(13)10(6-9)12(14)18/h2-3,6,8H,4-5,7H2,1H3,(H2,14,18). The van der Waals surface area contributed by atoms with Gasteiger partial charge in [0.15, 0.2) is 0 Å². The van der Waals surface area contributed by atoms with Gasteiger partial charge in [0.1, 0.15) is 10.8 Å². The second-order valence-corrected chi connectivity index (χ2v) is 7.14. The van der Waals surface area contributed by atoms with Gasteiger partial charge in [-0.25, -0.2) is 12.8 Å². The number of nitrogens with zero attached hydrogens (tertiary/aromatic N) is 1. The number of benzene rings is 1. The van der Waals surface area contributed by atoms with Gasteiger partial charge in [0.2, 0.25) is 10.0 Å². The number of rotatable bonds is 3. The van der Waals surface area contributed by atoms with Crippen LogP contribution >= 0.6 is 12.2 Å². The first-order valence-electron chi connectivity index (χ1n) is 5.92. The van der Waals surface area contributed by atoms with Crippen molar-refractivity contribution < 1.29 is 12.8 Å². The van der Waals surface area contributed by atoms with E-state index in [1.165, 1.54) is 16.4 Å². The molecule has 2 rings (SSSR count). The van der Waals surface area contributed by atoms with Crippen LogP contribution < -0.4 is 5.73 Å². The van der Waals surface area contributed by atoms with Gasteiger partial charge in [0, 0.05) is 18.7 Å². The van der Waals surface area contributed by atoms with Crippen LogP contribution in [0.3, 0.4) is 0 Å². The average molecular weight is 302 g/mol. The summed E-state index contributed by atoms with van der Waals surface area (Å²) in [7, 11) is -3.59. The van der Waals surface area contributed by atoms with Crippen LogP contribution in [0, 0.1) is 11.7 Å². The average Bonchev–Trinajstić information content (AvgIpc) is 2.76. The zero-order valence-corrected chi connectivity index (χ0v) is 12.1. The highest BCUT2D eigenvalue weighted by atomic mass is 32.2. The van der Waals surface area contributed by atoms with E-state index in [2.05, 4.69) is 0 Å². The van der Waals surface area contributed by atoms with Crippen molar-refractivity contribution in [3.63, 3.8) is 0 Å². The number of thiocarbonyl (C=S) groups is 1. The van der Waals surface area contributed by atoms with E-state index in [9.17, 15) is 12.8 Å². The molecule has 0 bridgehead atoms. The molecule has 7 heteroatoms. The third-order valence-electron chi connectivity index (χ3n) is 3.23. The maximum absolute atomic E-state index is 13.5. The fourth-order valence-electron chi connectivity index (χ4n) is 2.12. The van der Waals surface area contributed by atoms with Gasteiger partial charge in [0.25, 0.3) is 0 Å². The van der Waals surface area contributed by atoms with Gasteiger partial charge >= 0.3 is 0 Å². The molecule has 104 valence electrons. The lowest BCUT2D eigenvalue weighted by Crippen LogP contribution is -2.29. The predicted molar refractivity (Wildman–Crippen MR) is 74.8 cm³/mol. The van der Waals surface area contributed by atoms with Crippen molar-refractivity contribution in [1.82, 2.24) is 4.31 Å². The molecule has 2 N–H and O–H groups in total. The van der Waals surface area contributed by atoms with E-state index in [1.807, 2.05) is 6.92 Å². The molecule has 1 aliphatic heterocycles. The van der Waals surface area contributed by atoms with Gasteiger partial charge in [-0.15, -0.1) is 0 Å². The van der Waals surface area contributed by atoms with E-state index < -0.39 is 15.8 Å². The number of halogens is 1. The predicted octanol–water partition coefficient (Wildman–Crippen LogP) is 1.49. The molecular weight excluding hydrogens is 287 g/mol. The Bertz CT molecular complexity index is 616. The van der Waals surface area contributed by atoms with E-state index in [-0.39, 0.29) is 15.4 Å². The molecule has 0 spiro atoms. The molecule has 1 fully saturated rings. The van der Waals surface area contributed by atoms with Gasteiger partial charge in [-0.3, -0.25) is 0 Å². The molecule has 1 aromatic rings. The second-order valence-electron chi connectivity index (χ2n) is 4.76. The van der Waals surface area contributed by atoms with Gasteiger partial charge in [-0.1, -0.05) is 19.1 Å². The number of hydrogen-bond acceptors (Lipinski definition) is 3. The highest BCUT2D eigenvalue weighted by Gasteiger charge is 2.31. The van der Waals surface area contributed by atoms with Crippen LogP contribution in [0.1, 0.15) is 18.9 Å². The van der Waals surface area contributed by atoms with Crippen molar-refractivity contribution in [1.29, 1.82) is 0 Å². The van der Waals surface area contributed by atoms with Crippen LogP contribution in [0.5, 0.6) is 0 Å². The quantitative estimate of drug-likeness (QED) is 0.859. The summed E-state index contributed by atoms with van der Waals surface area (Å²) in [4.78, 5) is -0.116. The SMILES string of the molecule is CC1CCN(S(=O)(=O)c2ccc(F)c(C(N)=S)c2)C1. The molecule has 0 radical (unpaired) electrons. The third kappa shape index (κ3) is 2.77. The zero-order valence-electron chi connectivity index (χ0n) is 10.5. The molecular formula is C12H15FN2O2S2. The maximum Gasteiger partial charge on any atom is 0.243 e. The minimum Gasteiger partial charge on any atom is -0.389 e. The summed E-state index contributed by atoms with van der Waals surface area (Å²) >= 11 is 4.71. The smallest absolute Gasteiger partial charge is 0.243 e. The first-order chi connectivity index (χ1) is 8.82. The third-order valence-corrected chi connectivity index (χ3v) is 5.31. The summed E-state index contributed by atoms with van der Waals surface area (Å²) in [5.74, 6) is -0.272. The molecule has 19 heavy (non-hydrogen) atoms. The van der Waals surface area contributed by atoms with Crippen LogP contribution in [-0.2, 0) is 10.0 Å². The Hall–Kier alpha value is -1.05. The van der Waals surface area contributed by atoms with Crippen molar-refractivity contribution in [2.45, 2.75) is 18.2 Å². The van der Waals surface area contributed by atoms with Crippen LogP contribution in [0.25, 0.3) is 0 Å². The Morgan fingerprint density at radius 1 is 1.53 bits per heavy atom. The van der Waals surface area contributed by atoms with Crippen LogP contribution in [0.2, 0.25) is 0 Å². The topological polar surface area (TPSA) is 63.4 Å². The summed E-state index contributed by atoms with van der Waals surface area (Å²) in [6.07, 6.45) is 0.836. The molecule has 1 aliphatic rings. The molecule has 0 amide bonds. The Morgan fingerprint density at radius 2 is 2.21 bits per heavy atom. The Morgan fingerprint density at radius 3 is 2.74 bits per heavy atom. The summed E-state index contributed by atoms with van der Waals surface area (Å²) in [6, 6.07) is 3.53. The summed E-state index contributed by atoms with van der Waals surface area (Å²) in [5, 5.41) is 0. The van der Waals surface area contributed by atoms with Gasteiger partial charge in [-0.2, -0.15) is 4.31 Å². The van der Waals surface area contributed by atoms with Gasteiger partial charge < -0.3 is 5.73 Å². The number of hydrogen-bond donors (Lipinski definition) is 1. The molecule has 1 saturated heterocycles. The molecule has 4 nitrogen and oxygen atoms in total. The first kappa shape index (κ1) is 14.4. The number of sulfonamides is 1. The van der Waals surface area contributed by atoms with Crippen molar-refractivity contribution in [3.8, 4) is 0 Å². The van der Waals surface area contributed by atoms with E-state index >= 15 is 0 Å². The lowest BCUT2D eigenvalue weighted by atomic mass is 10.2. The fraction of sp³-hybridized carbons (Fsp3) is 0.417. The summed E-state index contributed by atoms with van der Waals surface area (Å²) in [5.41, 5.74) is 5.35. The highest BCUT2D eigenvalue weighted by molar-refractivity contribution is 7.89. The van der Waals surface area contributed by atoms with Crippen molar-refractivity contribution in [3.05, 3.63) is 29.6 Å². The largest absolute Gasteiger partial charge is 0.389 e. The Labute approximate surface area is 117 Å². The fourth-order valence-corrected chi connectivity index (χ4v) is 3.87. The molecule has 0 saturated carbocycles. The summed E-state index contributed by atoms with van der Waals surface area (Å²) < 4.78 is 39.7. The molecule has 0 aliphatic carbocycles. The monoisotopic (exact) mass is 302 g/mol. The van der Waals surface area contributed by atoms with E-state index in [1.54, 1.807) is 0 Å². The minimum atomic E-state index is -3.59. The van der Waals surface area contributed by atoms with Crippen molar-refractivity contribution in [2.75, 3.05) is 13.1 Å². The van der Waals surface area contributed by atoms with E-state index in [0.29, 0.717) is 19.0 Å². The second kappa shape index (κ2) is 5.15. The van der Waals surface area contributed by atoms with E-state index in [4.69, 9.17) is 18.0 Å². The van der Waals surface area contributed by atoms with Gasteiger partial charge in [-0.05, 0) is 30.5 Å². The normalized spacial score (nSPS) is 20.6.